The summed E-state index contributed by atoms with van der Waals surface area (Å²) in [5, 5.41) is -1.27. The second-order valence-corrected chi connectivity index (χ2v) is 6.19. The molecular weight excluding hydrogens is 246 g/mol. The second-order valence-electron chi connectivity index (χ2n) is 3.24. The highest BCUT2D eigenvalue weighted by Crippen LogP contribution is 2.28. The second kappa shape index (κ2) is 4.06. The van der Waals surface area contributed by atoms with E-state index < -0.39 is 25.9 Å². The van der Waals surface area contributed by atoms with Gasteiger partial charge < -0.3 is 0 Å². The lowest BCUT2D eigenvalue weighted by Crippen LogP contribution is -2.06. The van der Waals surface area contributed by atoms with Gasteiger partial charge in [0.25, 0.3) is 0 Å². The van der Waals surface area contributed by atoms with E-state index in [1.54, 1.807) is 0 Å². The zero-order valence-corrected chi connectivity index (χ0v) is 9.66. The fourth-order valence-corrected chi connectivity index (χ4v) is 1.90. The van der Waals surface area contributed by atoms with Gasteiger partial charge in [-0.3, -0.25) is 0 Å². The molecule has 0 saturated heterocycles. The van der Waals surface area contributed by atoms with Gasteiger partial charge >= 0.3 is 0 Å². The summed E-state index contributed by atoms with van der Waals surface area (Å²) in [5.74, 6) is -1.43. The number of hydrogen-bond acceptors (Lipinski definition) is 2. The minimum absolute atomic E-state index is 0.121. The van der Waals surface area contributed by atoms with Gasteiger partial charge in [-0.15, -0.1) is 0 Å². The molecule has 0 amide bonds. The molecule has 1 rings (SSSR count). The number of benzene rings is 1. The van der Waals surface area contributed by atoms with Gasteiger partial charge in [-0.1, -0.05) is 0 Å². The standard InChI is InChI=1S/C9H9ClF2O2S/c1-5-3-9(12)7(4-8(5)11)6(2)15(10,13)14/h3-4,6H,1-2H3. The van der Waals surface area contributed by atoms with Gasteiger partial charge in [0.2, 0.25) is 9.05 Å². The van der Waals surface area contributed by atoms with Crippen LogP contribution in [0.2, 0.25) is 0 Å². The largest absolute Gasteiger partial charge is 0.239 e. The zero-order valence-electron chi connectivity index (χ0n) is 8.09. The number of halogens is 3. The molecule has 0 saturated carbocycles. The molecule has 2 nitrogen and oxygen atoms in total. The number of aryl methyl sites for hydroxylation is 1. The first kappa shape index (κ1) is 12.4. The lowest BCUT2D eigenvalue weighted by Gasteiger charge is -2.10. The Morgan fingerprint density at radius 3 is 2.27 bits per heavy atom. The van der Waals surface area contributed by atoms with Crippen LogP contribution in [-0.4, -0.2) is 8.42 Å². The van der Waals surface area contributed by atoms with E-state index in [0.717, 1.165) is 12.1 Å². The van der Waals surface area contributed by atoms with Crippen LogP contribution in [0.4, 0.5) is 8.78 Å². The predicted molar refractivity (Wildman–Crippen MR) is 54.3 cm³/mol. The van der Waals surface area contributed by atoms with E-state index in [4.69, 9.17) is 10.7 Å². The summed E-state index contributed by atoms with van der Waals surface area (Å²) in [6, 6.07) is 1.80. The average Bonchev–Trinajstić information content (AvgIpc) is 2.08. The summed E-state index contributed by atoms with van der Waals surface area (Å²) in [5.41, 5.74) is -0.136. The molecule has 84 valence electrons. The van der Waals surface area contributed by atoms with Crippen molar-refractivity contribution in [3.63, 3.8) is 0 Å². The fraction of sp³-hybridized carbons (Fsp3) is 0.333. The van der Waals surface area contributed by atoms with Gasteiger partial charge in [-0.25, -0.2) is 17.2 Å². The van der Waals surface area contributed by atoms with Crippen molar-refractivity contribution in [2.24, 2.45) is 0 Å². The van der Waals surface area contributed by atoms with Crippen molar-refractivity contribution < 1.29 is 17.2 Å². The van der Waals surface area contributed by atoms with Crippen LogP contribution in [0, 0.1) is 18.6 Å². The molecule has 0 bridgehead atoms. The summed E-state index contributed by atoms with van der Waals surface area (Å²) in [6.45, 7) is 2.59. The molecule has 0 radical (unpaired) electrons. The van der Waals surface area contributed by atoms with Gasteiger partial charge in [-0.2, -0.15) is 0 Å². The summed E-state index contributed by atoms with van der Waals surface area (Å²) in [4.78, 5) is 0. The van der Waals surface area contributed by atoms with Crippen molar-refractivity contribution in [1.29, 1.82) is 0 Å². The Hall–Kier alpha value is -0.680. The van der Waals surface area contributed by atoms with Crippen molar-refractivity contribution >= 4 is 19.7 Å². The van der Waals surface area contributed by atoms with Gasteiger partial charge in [0.1, 0.15) is 16.9 Å². The molecule has 0 heterocycles. The van der Waals surface area contributed by atoms with Crippen LogP contribution in [0.3, 0.4) is 0 Å². The smallest absolute Gasteiger partial charge is 0.212 e. The highest BCUT2D eigenvalue weighted by molar-refractivity contribution is 8.13. The molecule has 1 aromatic carbocycles. The zero-order chi connectivity index (χ0) is 11.8. The maximum absolute atomic E-state index is 13.3. The first-order valence-corrected chi connectivity index (χ1v) is 6.49. The van der Waals surface area contributed by atoms with E-state index in [2.05, 4.69) is 0 Å². The molecule has 0 N–H and O–H groups in total. The lowest BCUT2D eigenvalue weighted by atomic mass is 10.1. The van der Waals surface area contributed by atoms with E-state index in [1.807, 2.05) is 0 Å². The van der Waals surface area contributed by atoms with E-state index in [0.29, 0.717) is 0 Å². The maximum atomic E-state index is 13.3. The molecule has 1 atom stereocenters. The van der Waals surface area contributed by atoms with Gasteiger partial charge in [-0.05, 0) is 31.5 Å². The van der Waals surface area contributed by atoms with Crippen molar-refractivity contribution in [1.82, 2.24) is 0 Å². The van der Waals surface area contributed by atoms with Gasteiger partial charge in [0.15, 0.2) is 0 Å². The van der Waals surface area contributed by atoms with Gasteiger partial charge in [0.05, 0.1) is 0 Å². The molecular formula is C9H9ClF2O2S. The Bertz CT molecular complexity index is 485. The van der Waals surface area contributed by atoms with Crippen LogP contribution in [-0.2, 0) is 9.05 Å². The summed E-state index contributed by atoms with van der Waals surface area (Å²) < 4.78 is 48.3. The Morgan fingerprint density at radius 1 is 1.27 bits per heavy atom. The third-order valence-electron chi connectivity index (χ3n) is 2.14. The molecule has 0 aliphatic heterocycles. The van der Waals surface area contributed by atoms with E-state index in [-0.39, 0.29) is 11.1 Å². The Labute approximate surface area is 91.3 Å². The fourth-order valence-electron chi connectivity index (χ4n) is 1.12. The molecule has 0 fully saturated rings. The highest BCUT2D eigenvalue weighted by Gasteiger charge is 2.24. The van der Waals surface area contributed by atoms with Crippen LogP contribution >= 0.6 is 10.7 Å². The van der Waals surface area contributed by atoms with Crippen LogP contribution in [0.15, 0.2) is 12.1 Å². The maximum Gasteiger partial charge on any atom is 0.239 e. The van der Waals surface area contributed by atoms with Gasteiger partial charge in [0, 0.05) is 16.2 Å². The Morgan fingerprint density at radius 2 is 1.80 bits per heavy atom. The Kier molecular flexibility index (Phi) is 3.35. The third kappa shape index (κ3) is 2.66. The molecule has 0 aliphatic carbocycles. The molecule has 6 heteroatoms. The molecule has 1 aromatic rings. The molecule has 1 unspecified atom stereocenters. The van der Waals surface area contributed by atoms with Crippen molar-refractivity contribution in [3.8, 4) is 0 Å². The third-order valence-corrected chi connectivity index (χ3v) is 4.04. The quantitative estimate of drug-likeness (QED) is 0.761. The SMILES string of the molecule is Cc1cc(F)c(C(C)S(=O)(=O)Cl)cc1F. The van der Waals surface area contributed by atoms with E-state index in [9.17, 15) is 17.2 Å². The monoisotopic (exact) mass is 254 g/mol. The molecule has 0 aliphatic rings. The normalized spacial score (nSPS) is 13.9. The van der Waals surface area contributed by atoms with E-state index in [1.165, 1.54) is 13.8 Å². The van der Waals surface area contributed by atoms with Crippen LogP contribution in [0.25, 0.3) is 0 Å². The molecule has 0 spiro atoms. The minimum Gasteiger partial charge on any atom is -0.212 e. The number of rotatable bonds is 2. The number of hydrogen-bond donors (Lipinski definition) is 0. The molecule has 15 heavy (non-hydrogen) atoms. The topological polar surface area (TPSA) is 34.1 Å². The van der Waals surface area contributed by atoms with Crippen LogP contribution < -0.4 is 0 Å². The predicted octanol–water partition coefficient (Wildman–Crippen LogP) is 2.90. The summed E-state index contributed by atoms with van der Waals surface area (Å²) >= 11 is 0. The van der Waals surface area contributed by atoms with Crippen molar-refractivity contribution in [2.45, 2.75) is 19.1 Å². The average molecular weight is 255 g/mol. The highest BCUT2D eigenvalue weighted by atomic mass is 35.7. The summed E-state index contributed by atoms with van der Waals surface area (Å²) in [6.07, 6.45) is 0. The first-order chi connectivity index (χ1) is 6.73. The summed E-state index contributed by atoms with van der Waals surface area (Å²) in [7, 11) is 1.12. The van der Waals surface area contributed by atoms with Crippen LogP contribution in [0.5, 0.6) is 0 Å². The minimum atomic E-state index is -3.94. The van der Waals surface area contributed by atoms with Crippen LogP contribution in [0.1, 0.15) is 23.3 Å². The van der Waals surface area contributed by atoms with Crippen molar-refractivity contribution in [3.05, 3.63) is 34.9 Å². The van der Waals surface area contributed by atoms with Crippen molar-refractivity contribution in [2.75, 3.05) is 0 Å². The molecule has 0 aromatic heterocycles. The Balaban J connectivity index is 3.33. The lowest BCUT2D eigenvalue weighted by molar-refractivity contribution is 0.568. The first-order valence-electron chi connectivity index (χ1n) is 4.12. The van der Waals surface area contributed by atoms with E-state index >= 15 is 0 Å².